The van der Waals surface area contributed by atoms with Crippen LogP contribution in [0.15, 0.2) is 72.8 Å². The molecule has 0 spiro atoms. The van der Waals surface area contributed by atoms with Crippen LogP contribution >= 0.6 is 0 Å². The third-order valence-electron chi connectivity index (χ3n) is 16.9. The molecule has 3 aliphatic carbocycles. The molecule has 2 aliphatic heterocycles. The highest BCUT2D eigenvalue weighted by Gasteiger charge is 2.49. The van der Waals surface area contributed by atoms with Crippen LogP contribution in [-0.4, -0.2) is 6.71 Å². The lowest BCUT2D eigenvalue weighted by molar-refractivity contribution is 0.332. The number of aryl methyl sites for hydroxylation is 3. The number of hydrogen-bond acceptors (Lipinski definition) is 2. The van der Waals surface area contributed by atoms with Crippen molar-refractivity contribution in [3.05, 3.63) is 123 Å². The highest BCUT2D eigenvalue weighted by molar-refractivity contribution is 7.00. The molecule has 0 bridgehead atoms. The predicted octanol–water partition coefficient (Wildman–Crippen LogP) is 13.7. The molecule has 0 unspecified atom stereocenters. The molecular formula is C57H69BN2. The topological polar surface area (TPSA) is 6.48 Å². The zero-order chi connectivity index (χ0) is 42.9. The quantitative estimate of drug-likeness (QED) is 0.161. The van der Waals surface area contributed by atoms with Crippen LogP contribution < -0.4 is 26.2 Å². The molecule has 310 valence electrons. The number of nitrogens with zero attached hydrogens (tertiary/aromatic N) is 2. The molecule has 0 aromatic heterocycles. The lowest BCUT2D eigenvalue weighted by Crippen LogP contribution is -2.62. The Kier molecular flexibility index (Phi) is 8.27. The van der Waals surface area contributed by atoms with Crippen molar-refractivity contribution in [2.24, 2.45) is 0 Å². The average molecular weight is 793 g/mol. The summed E-state index contributed by atoms with van der Waals surface area (Å²) in [4.78, 5) is 5.42. The fourth-order valence-electron chi connectivity index (χ4n) is 12.6. The fourth-order valence-corrected chi connectivity index (χ4v) is 12.6. The Hall–Kier alpha value is -4.24. The zero-order valence-corrected chi connectivity index (χ0v) is 39.6. The highest BCUT2D eigenvalue weighted by atomic mass is 15.2. The maximum absolute atomic E-state index is 2.72. The summed E-state index contributed by atoms with van der Waals surface area (Å²) in [6, 6.07) is 30.2. The van der Waals surface area contributed by atoms with E-state index in [9.17, 15) is 0 Å². The molecule has 0 atom stereocenters. The summed E-state index contributed by atoms with van der Waals surface area (Å²) < 4.78 is 0. The maximum Gasteiger partial charge on any atom is 0.252 e. The summed E-state index contributed by atoms with van der Waals surface area (Å²) in [5.41, 5.74) is 26.1. The Morgan fingerprint density at radius 2 is 0.783 bits per heavy atom. The van der Waals surface area contributed by atoms with Crippen molar-refractivity contribution >= 4 is 57.2 Å². The lowest BCUT2D eigenvalue weighted by atomic mass is 9.32. The van der Waals surface area contributed by atoms with Crippen LogP contribution in [0.5, 0.6) is 0 Å². The van der Waals surface area contributed by atoms with E-state index in [2.05, 4.69) is 186 Å². The van der Waals surface area contributed by atoms with Crippen molar-refractivity contribution in [1.82, 2.24) is 0 Å². The van der Waals surface area contributed by atoms with E-state index in [1.54, 1.807) is 11.1 Å². The van der Waals surface area contributed by atoms with Gasteiger partial charge in [-0.15, -0.1) is 0 Å². The molecule has 2 nitrogen and oxygen atoms in total. The van der Waals surface area contributed by atoms with Gasteiger partial charge in [0.2, 0.25) is 0 Å². The molecule has 0 saturated heterocycles. The Bertz CT molecular complexity index is 2650. The van der Waals surface area contributed by atoms with E-state index in [1.165, 1.54) is 128 Å². The smallest absolute Gasteiger partial charge is 0.252 e. The maximum atomic E-state index is 2.72. The van der Waals surface area contributed by atoms with E-state index in [0.29, 0.717) is 0 Å². The first-order chi connectivity index (χ1) is 27.9. The number of hydrogen-bond donors (Lipinski definition) is 0. The average Bonchev–Trinajstić information content (AvgIpc) is 3.17. The van der Waals surface area contributed by atoms with E-state index in [0.717, 1.165) is 0 Å². The first kappa shape index (κ1) is 39.9. The van der Waals surface area contributed by atoms with Crippen LogP contribution in [-0.2, 0) is 32.5 Å². The molecule has 0 amide bonds. The second-order valence-corrected chi connectivity index (χ2v) is 24.0. The molecule has 0 radical (unpaired) electrons. The second kappa shape index (κ2) is 12.4. The van der Waals surface area contributed by atoms with E-state index in [4.69, 9.17) is 0 Å². The molecular weight excluding hydrogens is 723 g/mol. The number of anilines is 6. The van der Waals surface area contributed by atoms with E-state index in [-0.39, 0.29) is 39.2 Å². The van der Waals surface area contributed by atoms with E-state index < -0.39 is 0 Å². The minimum atomic E-state index is 0.0871. The fraction of sp³-hybridized carbons (Fsp3) is 0.474. The summed E-state index contributed by atoms with van der Waals surface area (Å²) in [6.07, 6.45) is 7.21. The van der Waals surface area contributed by atoms with Gasteiger partial charge in [-0.25, -0.2) is 0 Å². The van der Waals surface area contributed by atoms with Gasteiger partial charge in [0.25, 0.3) is 6.71 Å². The minimum absolute atomic E-state index is 0.0871. The van der Waals surface area contributed by atoms with Crippen molar-refractivity contribution in [3.8, 4) is 0 Å². The van der Waals surface area contributed by atoms with Crippen molar-refractivity contribution in [2.45, 2.75) is 175 Å². The zero-order valence-electron chi connectivity index (χ0n) is 39.6. The third-order valence-corrected chi connectivity index (χ3v) is 16.9. The van der Waals surface area contributed by atoms with Crippen LogP contribution in [0.4, 0.5) is 34.1 Å². The number of rotatable bonds is 2. The molecule has 0 saturated carbocycles. The Balaban J connectivity index is 1.36. The van der Waals surface area contributed by atoms with Gasteiger partial charge in [0.15, 0.2) is 0 Å². The van der Waals surface area contributed by atoms with Crippen LogP contribution in [0.2, 0.25) is 0 Å². The monoisotopic (exact) mass is 793 g/mol. The van der Waals surface area contributed by atoms with Gasteiger partial charge in [0.05, 0.1) is 5.69 Å². The predicted molar refractivity (Wildman–Crippen MR) is 261 cm³/mol. The lowest BCUT2D eigenvalue weighted by Gasteiger charge is -2.49. The molecule has 5 aromatic rings. The van der Waals surface area contributed by atoms with Crippen molar-refractivity contribution < 1.29 is 0 Å². The number of para-hydroxylation sites is 1. The Morgan fingerprint density at radius 3 is 1.25 bits per heavy atom. The molecule has 60 heavy (non-hydrogen) atoms. The molecule has 5 aromatic carbocycles. The largest absolute Gasteiger partial charge is 0.311 e. The highest BCUT2D eigenvalue weighted by Crippen LogP contribution is 2.54. The third kappa shape index (κ3) is 5.58. The van der Waals surface area contributed by atoms with Gasteiger partial charge in [0, 0.05) is 28.4 Å². The van der Waals surface area contributed by atoms with Gasteiger partial charge in [0.1, 0.15) is 0 Å². The van der Waals surface area contributed by atoms with Crippen LogP contribution in [0.3, 0.4) is 0 Å². The van der Waals surface area contributed by atoms with Crippen LogP contribution in [0.25, 0.3) is 0 Å². The van der Waals surface area contributed by atoms with Crippen LogP contribution in [0, 0.1) is 20.8 Å². The molecule has 10 rings (SSSR count). The molecule has 0 N–H and O–H groups in total. The van der Waals surface area contributed by atoms with Gasteiger partial charge >= 0.3 is 0 Å². The Labute approximate surface area is 363 Å². The van der Waals surface area contributed by atoms with Gasteiger partial charge in [-0.05, 0) is 195 Å². The van der Waals surface area contributed by atoms with Gasteiger partial charge < -0.3 is 9.80 Å². The summed E-state index contributed by atoms with van der Waals surface area (Å²) in [5.74, 6) is 0. The summed E-state index contributed by atoms with van der Waals surface area (Å²) >= 11 is 0. The standard InChI is InChI=1S/C57H69BN2/c1-34-27-48-50-49(28-34)60(51-35(2)17-16-18-36(51)3)47-33-43-41(55(10,11)24-26-57(43,14)15)31-45(47)58(50)44-30-40-42(56(12,13)25-23-54(40,8)9)32-46(44)59(48)37-19-20-38-39(29-37)53(6,7)22-21-52(38,4)5/h16-20,27-33H,21-26H2,1-15H3. The first-order valence-electron chi connectivity index (χ1n) is 23.3. The van der Waals surface area contributed by atoms with Crippen molar-refractivity contribution in [2.75, 3.05) is 9.80 Å². The molecule has 0 fully saturated rings. The van der Waals surface area contributed by atoms with E-state index in [1.807, 2.05) is 0 Å². The van der Waals surface area contributed by atoms with Gasteiger partial charge in [-0.3, -0.25) is 0 Å². The van der Waals surface area contributed by atoms with Crippen molar-refractivity contribution in [3.63, 3.8) is 0 Å². The second-order valence-electron chi connectivity index (χ2n) is 24.0. The van der Waals surface area contributed by atoms with Gasteiger partial charge in [-0.1, -0.05) is 119 Å². The molecule has 2 heterocycles. The summed E-state index contributed by atoms with van der Waals surface area (Å²) in [5, 5.41) is 0. The number of fused-ring (bicyclic) bond motifs is 7. The normalized spacial score (nSPS) is 21.6. The van der Waals surface area contributed by atoms with Crippen molar-refractivity contribution in [1.29, 1.82) is 0 Å². The summed E-state index contributed by atoms with van der Waals surface area (Å²) in [7, 11) is 0. The SMILES string of the molecule is Cc1cc2c3c(c1)N(c1c(C)cccc1C)c1cc4c(cc1B3c1cc3c(cc1N2c1ccc2c(c1)C(C)(C)CCC2(C)C)C(C)(C)CCC3(C)C)C(C)(C)CCC4(C)C. The first-order valence-corrected chi connectivity index (χ1v) is 23.3. The molecule has 3 heteroatoms. The number of benzene rings is 5. The summed E-state index contributed by atoms with van der Waals surface area (Å²) in [6.45, 7) is 36.9. The van der Waals surface area contributed by atoms with Crippen LogP contribution in [0.1, 0.15) is 172 Å². The minimum Gasteiger partial charge on any atom is -0.311 e. The molecule has 5 aliphatic rings. The van der Waals surface area contributed by atoms with E-state index >= 15 is 0 Å². The Morgan fingerprint density at radius 1 is 0.400 bits per heavy atom. The van der Waals surface area contributed by atoms with Gasteiger partial charge in [-0.2, -0.15) is 0 Å².